The van der Waals surface area contributed by atoms with Gasteiger partial charge in [-0.2, -0.15) is 0 Å². The van der Waals surface area contributed by atoms with Gasteiger partial charge in [0.15, 0.2) is 6.10 Å². The molecule has 1 heterocycles. The zero-order valence-electron chi connectivity index (χ0n) is 16.1. The Balaban J connectivity index is 1.70. The molecule has 0 spiro atoms. The third kappa shape index (κ3) is 4.39. The molecule has 2 aromatic carbocycles. The molecule has 3 rings (SSSR count). The van der Waals surface area contributed by atoms with Crippen molar-refractivity contribution < 1.29 is 19.1 Å². The predicted octanol–water partition coefficient (Wildman–Crippen LogP) is 2.95. The van der Waals surface area contributed by atoms with Crippen LogP contribution in [-0.4, -0.2) is 41.9 Å². The molecule has 6 nitrogen and oxygen atoms in total. The van der Waals surface area contributed by atoms with Gasteiger partial charge >= 0.3 is 5.97 Å². The van der Waals surface area contributed by atoms with Crippen LogP contribution in [0.25, 0.3) is 0 Å². The average molecular weight is 380 g/mol. The fourth-order valence-corrected chi connectivity index (χ4v) is 3.29. The van der Waals surface area contributed by atoms with Crippen molar-refractivity contribution in [3.63, 3.8) is 0 Å². The Kier molecular flexibility index (Phi) is 6.09. The molecule has 0 saturated carbocycles. The number of nitrogens with zero attached hydrogens (tertiary/aromatic N) is 1. The molecule has 28 heavy (non-hydrogen) atoms. The standard InChI is InChI=1S/C22H24N2O4/c1-3-12-24(14-20(25)23-18-11-7-4-8-15(18)2)21(26)19-13-16-9-5-6-10-17(16)22(27)28-19/h4-11,19H,3,12-14H2,1-2H3,(H,23,25). The second-order valence-electron chi connectivity index (χ2n) is 6.88. The molecule has 0 bridgehead atoms. The van der Waals surface area contributed by atoms with E-state index in [1.807, 2.05) is 50.2 Å². The maximum atomic E-state index is 13.0. The van der Waals surface area contributed by atoms with Crippen LogP contribution in [0.2, 0.25) is 0 Å². The minimum absolute atomic E-state index is 0.0866. The zero-order chi connectivity index (χ0) is 20.1. The molecule has 1 N–H and O–H groups in total. The molecule has 0 aliphatic carbocycles. The van der Waals surface area contributed by atoms with Crippen LogP contribution in [0, 0.1) is 6.92 Å². The fraction of sp³-hybridized carbons (Fsp3) is 0.318. The van der Waals surface area contributed by atoms with Crippen molar-refractivity contribution >= 4 is 23.5 Å². The first-order chi connectivity index (χ1) is 13.5. The van der Waals surface area contributed by atoms with Crippen molar-refractivity contribution in [3.05, 3.63) is 65.2 Å². The molecule has 1 atom stereocenters. The summed E-state index contributed by atoms with van der Waals surface area (Å²) in [6.45, 7) is 4.16. The molecule has 1 unspecified atom stereocenters. The quantitative estimate of drug-likeness (QED) is 0.782. The third-order valence-corrected chi connectivity index (χ3v) is 4.73. The molecule has 0 aromatic heterocycles. The number of rotatable bonds is 6. The topological polar surface area (TPSA) is 75.7 Å². The van der Waals surface area contributed by atoms with Crippen LogP contribution < -0.4 is 5.32 Å². The van der Waals surface area contributed by atoms with E-state index in [-0.39, 0.29) is 18.4 Å². The fourth-order valence-electron chi connectivity index (χ4n) is 3.29. The number of hydrogen-bond acceptors (Lipinski definition) is 4. The molecule has 1 aliphatic heterocycles. The lowest BCUT2D eigenvalue weighted by Crippen LogP contribution is -2.47. The van der Waals surface area contributed by atoms with E-state index in [0.717, 1.165) is 16.8 Å². The van der Waals surface area contributed by atoms with Gasteiger partial charge in [0.05, 0.1) is 12.1 Å². The second kappa shape index (κ2) is 8.69. The number of carbonyl (C=O) groups excluding carboxylic acids is 3. The van der Waals surface area contributed by atoms with E-state index >= 15 is 0 Å². The smallest absolute Gasteiger partial charge is 0.339 e. The van der Waals surface area contributed by atoms with Gasteiger partial charge in [-0.15, -0.1) is 0 Å². The maximum absolute atomic E-state index is 13.0. The second-order valence-corrected chi connectivity index (χ2v) is 6.88. The predicted molar refractivity (Wildman–Crippen MR) is 106 cm³/mol. The van der Waals surface area contributed by atoms with Gasteiger partial charge in [-0.05, 0) is 36.6 Å². The van der Waals surface area contributed by atoms with Crippen LogP contribution in [0.5, 0.6) is 0 Å². The van der Waals surface area contributed by atoms with E-state index in [9.17, 15) is 14.4 Å². The number of nitrogens with one attached hydrogen (secondary N) is 1. The van der Waals surface area contributed by atoms with Gasteiger partial charge in [0.1, 0.15) is 0 Å². The van der Waals surface area contributed by atoms with Crippen molar-refractivity contribution in [1.82, 2.24) is 4.90 Å². The van der Waals surface area contributed by atoms with Gasteiger partial charge in [-0.25, -0.2) is 4.79 Å². The number of hydrogen-bond donors (Lipinski definition) is 1. The van der Waals surface area contributed by atoms with Crippen LogP contribution in [-0.2, 0) is 20.7 Å². The monoisotopic (exact) mass is 380 g/mol. The molecular formula is C22H24N2O4. The molecule has 2 amide bonds. The summed E-state index contributed by atoms with van der Waals surface area (Å²) in [6, 6.07) is 14.6. The number of amides is 2. The molecule has 6 heteroatoms. The van der Waals surface area contributed by atoms with Crippen molar-refractivity contribution in [2.45, 2.75) is 32.8 Å². The highest BCUT2D eigenvalue weighted by molar-refractivity contribution is 5.98. The first kappa shape index (κ1) is 19.6. The normalized spacial score (nSPS) is 15.4. The summed E-state index contributed by atoms with van der Waals surface area (Å²) in [5.74, 6) is -1.12. The number of cyclic esters (lactones) is 1. The number of anilines is 1. The zero-order valence-corrected chi connectivity index (χ0v) is 16.1. The first-order valence-corrected chi connectivity index (χ1v) is 9.42. The van der Waals surface area contributed by atoms with Gasteiger partial charge in [0.25, 0.3) is 5.91 Å². The number of carbonyl (C=O) groups is 3. The number of ether oxygens (including phenoxy) is 1. The summed E-state index contributed by atoms with van der Waals surface area (Å²) in [6.07, 6.45) is 0.112. The average Bonchev–Trinajstić information content (AvgIpc) is 2.69. The molecule has 0 saturated heterocycles. The number of esters is 1. The van der Waals surface area contributed by atoms with E-state index in [2.05, 4.69) is 5.32 Å². The Bertz CT molecular complexity index is 894. The van der Waals surface area contributed by atoms with Crippen LogP contribution >= 0.6 is 0 Å². The van der Waals surface area contributed by atoms with Gasteiger partial charge in [0.2, 0.25) is 5.91 Å². The Morgan fingerprint density at radius 2 is 1.86 bits per heavy atom. The summed E-state index contributed by atoms with van der Waals surface area (Å²) < 4.78 is 5.36. The third-order valence-electron chi connectivity index (χ3n) is 4.73. The number of para-hydroxylation sites is 1. The van der Waals surface area contributed by atoms with Crippen LogP contribution in [0.15, 0.2) is 48.5 Å². The summed E-state index contributed by atoms with van der Waals surface area (Å²) in [7, 11) is 0. The van der Waals surface area contributed by atoms with Gasteiger partial charge < -0.3 is 15.0 Å². The largest absolute Gasteiger partial charge is 0.448 e. The van der Waals surface area contributed by atoms with E-state index in [1.54, 1.807) is 12.1 Å². The number of fused-ring (bicyclic) bond motifs is 1. The minimum Gasteiger partial charge on any atom is -0.448 e. The van der Waals surface area contributed by atoms with Gasteiger partial charge in [-0.1, -0.05) is 43.3 Å². The lowest BCUT2D eigenvalue weighted by Gasteiger charge is -2.29. The summed E-state index contributed by atoms with van der Waals surface area (Å²) in [5, 5.41) is 2.84. The first-order valence-electron chi connectivity index (χ1n) is 9.42. The minimum atomic E-state index is -0.903. The Morgan fingerprint density at radius 3 is 2.61 bits per heavy atom. The summed E-state index contributed by atoms with van der Waals surface area (Å²) in [4.78, 5) is 39.1. The van der Waals surface area contributed by atoms with Crippen molar-refractivity contribution in [3.8, 4) is 0 Å². The Hall–Kier alpha value is -3.15. The van der Waals surface area contributed by atoms with Gasteiger partial charge in [0, 0.05) is 18.7 Å². The molecule has 1 aliphatic rings. The summed E-state index contributed by atoms with van der Waals surface area (Å²) >= 11 is 0. The van der Waals surface area contributed by atoms with E-state index in [0.29, 0.717) is 24.9 Å². The van der Waals surface area contributed by atoms with E-state index in [1.165, 1.54) is 4.90 Å². The summed E-state index contributed by atoms with van der Waals surface area (Å²) in [5.41, 5.74) is 2.94. The Labute approximate surface area is 164 Å². The van der Waals surface area contributed by atoms with Crippen molar-refractivity contribution in [2.75, 3.05) is 18.4 Å². The Morgan fingerprint density at radius 1 is 1.14 bits per heavy atom. The molecule has 0 radical (unpaired) electrons. The maximum Gasteiger partial charge on any atom is 0.339 e. The van der Waals surface area contributed by atoms with Crippen LogP contribution in [0.3, 0.4) is 0 Å². The number of aryl methyl sites for hydroxylation is 1. The van der Waals surface area contributed by atoms with Gasteiger partial charge in [-0.3, -0.25) is 9.59 Å². The highest BCUT2D eigenvalue weighted by Gasteiger charge is 2.34. The van der Waals surface area contributed by atoms with E-state index in [4.69, 9.17) is 4.74 Å². The van der Waals surface area contributed by atoms with Crippen LogP contribution in [0.1, 0.15) is 34.8 Å². The lowest BCUT2D eigenvalue weighted by atomic mass is 9.98. The highest BCUT2D eigenvalue weighted by atomic mass is 16.5. The SMILES string of the molecule is CCCN(CC(=O)Nc1ccccc1C)C(=O)C1Cc2ccccc2C(=O)O1. The highest BCUT2D eigenvalue weighted by Crippen LogP contribution is 2.22. The lowest BCUT2D eigenvalue weighted by molar-refractivity contribution is -0.143. The molecule has 0 fully saturated rings. The van der Waals surface area contributed by atoms with Crippen molar-refractivity contribution in [1.29, 1.82) is 0 Å². The molecule has 146 valence electrons. The number of benzene rings is 2. The van der Waals surface area contributed by atoms with E-state index < -0.39 is 12.1 Å². The van der Waals surface area contributed by atoms with Crippen molar-refractivity contribution in [2.24, 2.45) is 0 Å². The molecule has 2 aromatic rings. The molecular weight excluding hydrogens is 356 g/mol. The van der Waals surface area contributed by atoms with Crippen LogP contribution in [0.4, 0.5) is 5.69 Å².